The Morgan fingerprint density at radius 3 is 2.33 bits per heavy atom. The molecule has 0 spiro atoms. The van der Waals surface area contributed by atoms with Gasteiger partial charge in [-0.3, -0.25) is 9.59 Å². The number of imide groups is 1. The Labute approximate surface area is 104 Å². The van der Waals surface area contributed by atoms with Crippen molar-refractivity contribution in [1.29, 1.82) is 0 Å². The van der Waals surface area contributed by atoms with Gasteiger partial charge in [-0.25, -0.2) is 9.29 Å². The summed E-state index contributed by atoms with van der Waals surface area (Å²) in [6, 6.07) is 3.73. The number of hydrogen-bond donors (Lipinski definition) is 1. The van der Waals surface area contributed by atoms with Gasteiger partial charge < -0.3 is 5.73 Å². The Hall–Kier alpha value is -1.91. The lowest BCUT2D eigenvalue weighted by atomic mass is 10.00. The average Bonchev–Trinajstić information content (AvgIpc) is 2.87. The summed E-state index contributed by atoms with van der Waals surface area (Å²) in [5.74, 6) is -1.28. The fraction of sp³-hybridized carbons (Fsp3) is 0.385. The Morgan fingerprint density at radius 1 is 1.17 bits per heavy atom. The fourth-order valence-electron chi connectivity index (χ4n) is 2.96. The third kappa shape index (κ3) is 1.43. The van der Waals surface area contributed by atoms with Crippen molar-refractivity contribution in [2.24, 2.45) is 11.8 Å². The smallest absolute Gasteiger partial charge is 0.237 e. The number of anilines is 2. The molecule has 1 aromatic rings. The molecule has 2 atom stereocenters. The van der Waals surface area contributed by atoms with Gasteiger partial charge in [0.2, 0.25) is 11.8 Å². The molecule has 5 heteroatoms. The molecule has 18 heavy (non-hydrogen) atoms. The Bertz CT molecular complexity index is 522. The second-order valence-corrected chi connectivity index (χ2v) is 4.86. The van der Waals surface area contributed by atoms with Crippen LogP contribution in [0.5, 0.6) is 0 Å². The standard InChI is InChI=1S/C13H13FN2O2/c14-7-4-5-11(10(15)6-7)16-12(17)8-2-1-3-9(8)13(16)18/h4-6,8-9H,1-3,15H2. The fourth-order valence-corrected chi connectivity index (χ4v) is 2.96. The van der Waals surface area contributed by atoms with Gasteiger partial charge in [-0.05, 0) is 31.0 Å². The van der Waals surface area contributed by atoms with E-state index in [1.165, 1.54) is 12.1 Å². The van der Waals surface area contributed by atoms with Gasteiger partial charge in [0, 0.05) is 0 Å². The molecule has 1 aliphatic carbocycles. The van der Waals surface area contributed by atoms with Gasteiger partial charge in [-0.1, -0.05) is 6.42 Å². The van der Waals surface area contributed by atoms with Gasteiger partial charge in [0.15, 0.2) is 0 Å². The number of nitrogen functional groups attached to an aromatic ring is 1. The maximum atomic E-state index is 13.0. The minimum atomic E-state index is -0.476. The first-order valence-corrected chi connectivity index (χ1v) is 6.02. The SMILES string of the molecule is Nc1cc(F)ccc1N1C(=O)C2CCCC2C1=O. The van der Waals surface area contributed by atoms with E-state index in [0.717, 1.165) is 30.2 Å². The maximum Gasteiger partial charge on any atom is 0.237 e. The van der Waals surface area contributed by atoms with E-state index in [9.17, 15) is 14.0 Å². The molecule has 1 aliphatic heterocycles. The van der Waals surface area contributed by atoms with E-state index in [2.05, 4.69) is 0 Å². The van der Waals surface area contributed by atoms with Crippen molar-refractivity contribution in [3.05, 3.63) is 24.0 Å². The topological polar surface area (TPSA) is 63.4 Å². The largest absolute Gasteiger partial charge is 0.397 e. The van der Waals surface area contributed by atoms with Crippen molar-refractivity contribution in [2.45, 2.75) is 19.3 Å². The summed E-state index contributed by atoms with van der Waals surface area (Å²) in [7, 11) is 0. The quantitative estimate of drug-likeness (QED) is 0.607. The molecule has 1 aromatic carbocycles. The Balaban J connectivity index is 2.02. The highest BCUT2D eigenvalue weighted by molar-refractivity contribution is 6.23. The molecule has 1 saturated heterocycles. The summed E-state index contributed by atoms with van der Waals surface area (Å²) >= 11 is 0. The zero-order valence-electron chi connectivity index (χ0n) is 9.73. The molecule has 94 valence electrons. The van der Waals surface area contributed by atoms with E-state index in [-0.39, 0.29) is 29.3 Å². The molecule has 0 aromatic heterocycles. The van der Waals surface area contributed by atoms with Gasteiger partial charge in [-0.2, -0.15) is 0 Å². The summed E-state index contributed by atoms with van der Waals surface area (Å²) in [5.41, 5.74) is 6.12. The zero-order chi connectivity index (χ0) is 12.9. The molecule has 2 aliphatic rings. The molecule has 2 N–H and O–H groups in total. The summed E-state index contributed by atoms with van der Waals surface area (Å²) in [6.07, 6.45) is 2.43. The number of nitrogens with zero attached hydrogens (tertiary/aromatic N) is 1. The van der Waals surface area contributed by atoms with Crippen LogP contribution in [-0.4, -0.2) is 11.8 Å². The Kier molecular flexibility index (Phi) is 2.36. The predicted octanol–water partition coefficient (Wildman–Crippen LogP) is 1.70. The first kappa shape index (κ1) is 11.2. The molecule has 0 radical (unpaired) electrons. The first-order valence-electron chi connectivity index (χ1n) is 6.02. The molecule has 0 bridgehead atoms. The van der Waals surface area contributed by atoms with Crippen LogP contribution in [-0.2, 0) is 9.59 Å². The van der Waals surface area contributed by atoms with E-state index in [4.69, 9.17) is 5.73 Å². The summed E-state index contributed by atoms with van der Waals surface area (Å²) < 4.78 is 13.0. The highest BCUT2D eigenvalue weighted by atomic mass is 19.1. The monoisotopic (exact) mass is 248 g/mol. The number of amides is 2. The summed E-state index contributed by atoms with van der Waals surface area (Å²) in [4.78, 5) is 25.5. The zero-order valence-corrected chi connectivity index (χ0v) is 9.73. The van der Waals surface area contributed by atoms with Crippen LogP contribution in [0.2, 0.25) is 0 Å². The van der Waals surface area contributed by atoms with Crippen LogP contribution in [0.3, 0.4) is 0 Å². The second kappa shape index (κ2) is 3.80. The third-order valence-corrected chi connectivity index (χ3v) is 3.82. The molecule has 2 amide bonds. The summed E-state index contributed by atoms with van der Waals surface area (Å²) in [6.45, 7) is 0. The number of halogens is 1. The number of benzene rings is 1. The molecule has 4 nitrogen and oxygen atoms in total. The predicted molar refractivity (Wildman–Crippen MR) is 64.1 cm³/mol. The highest BCUT2D eigenvalue weighted by Gasteiger charge is 2.50. The van der Waals surface area contributed by atoms with E-state index < -0.39 is 5.82 Å². The van der Waals surface area contributed by atoms with Crippen molar-refractivity contribution in [3.63, 3.8) is 0 Å². The maximum absolute atomic E-state index is 13.0. The van der Waals surface area contributed by atoms with E-state index >= 15 is 0 Å². The lowest BCUT2D eigenvalue weighted by Gasteiger charge is -2.17. The number of fused-ring (bicyclic) bond motifs is 1. The second-order valence-electron chi connectivity index (χ2n) is 4.86. The van der Waals surface area contributed by atoms with Crippen LogP contribution in [0.25, 0.3) is 0 Å². The van der Waals surface area contributed by atoms with E-state index in [1.54, 1.807) is 0 Å². The van der Waals surface area contributed by atoms with Gasteiger partial charge in [0.25, 0.3) is 0 Å². The van der Waals surface area contributed by atoms with Crippen LogP contribution in [0.4, 0.5) is 15.8 Å². The minimum absolute atomic E-state index is 0.122. The third-order valence-electron chi connectivity index (χ3n) is 3.82. The lowest BCUT2D eigenvalue weighted by molar-refractivity contribution is -0.122. The van der Waals surface area contributed by atoms with Crippen molar-refractivity contribution in [3.8, 4) is 0 Å². The molecular formula is C13H13FN2O2. The number of carbonyl (C=O) groups is 2. The van der Waals surface area contributed by atoms with Crippen LogP contribution in [0, 0.1) is 17.7 Å². The molecule has 1 heterocycles. The molecule has 2 fully saturated rings. The first-order chi connectivity index (χ1) is 8.59. The minimum Gasteiger partial charge on any atom is -0.397 e. The van der Waals surface area contributed by atoms with Crippen LogP contribution < -0.4 is 10.6 Å². The average molecular weight is 248 g/mol. The van der Waals surface area contributed by atoms with E-state index in [0.29, 0.717) is 5.69 Å². The van der Waals surface area contributed by atoms with E-state index in [1.807, 2.05) is 0 Å². The Morgan fingerprint density at radius 2 is 1.78 bits per heavy atom. The number of nitrogens with two attached hydrogens (primary N) is 1. The molecule has 3 rings (SSSR count). The molecular weight excluding hydrogens is 235 g/mol. The highest BCUT2D eigenvalue weighted by Crippen LogP contribution is 2.42. The van der Waals surface area contributed by atoms with Crippen molar-refractivity contribution < 1.29 is 14.0 Å². The van der Waals surface area contributed by atoms with Gasteiger partial charge >= 0.3 is 0 Å². The van der Waals surface area contributed by atoms with Crippen LogP contribution in [0.15, 0.2) is 18.2 Å². The summed E-state index contributed by atoms with van der Waals surface area (Å²) in [5, 5.41) is 0. The molecule has 1 saturated carbocycles. The van der Waals surface area contributed by atoms with Crippen LogP contribution in [0.1, 0.15) is 19.3 Å². The van der Waals surface area contributed by atoms with Crippen molar-refractivity contribution in [2.75, 3.05) is 10.6 Å². The van der Waals surface area contributed by atoms with Gasteiger partial charge in [-0.15, -0.1) is 0 Å². The van der Waals surface area contributed by atoms with Crippen LogP contribution >= 0.6 is 0 Å². The van der Waals surface area contributed by atoms with Crippen molar-refractivity contribution >= 4 is 23.2 Å². The van der Waals surface area contributed by atoms with Crippen molar-refractivity contribution in [1.82, 2.24) is 0 Å². The molecule has 2 unspecified atom stereocenters. The lowest BCUT2D eigenvalue weighted by Crippen LogP contribution is -2.32. The normalized spacial score (nSPS) is 26.8. The van der Waals surface area contributed by atoms with Gasteiger partial charge in [0.05, 0.1) is 23.2 Å². The number of hydrogen-bond acceptors (Lipinski definition) is 3. The number of carbonyl (C=O) groups excluding carboxylic acids is 2. The number of rotatable bonds is 1. The van der Waals surface area contributed by atoms with Gasteiger partial charge in [0.1, 0.15) is 5.82 Å².